The van der Waals surface area contributed by atoms with Crippen molar-refractivity contribution in [2.45, 2.75) is 38.6 Å². The molecule has 0 aliphatic carbocycles. The van der Waals surface area contributed by atoms with Crippen molar-refractivity contribution in [2.24, 2.45) is 0 Å². The Kier molecular flexibility index (Phi) is 12.3. The van der Waals surface area contributed by atoms with Crippen molar-refractivity contribution in [2.75, 3.05) is 20.8 Å². The van der Waals surface area contributed by atoms with Crippen LogP contribution in [-0.2, 0) is 63.6 Å². The molecule has 2 atom stereocenters. The summed E-state index contributed by atoms with van der Waals surface area (Å²) in [5.74, 6) is 0.232. The van der Waals surface area contributed by atoms with Crippen LogP contribution in [0.25, 0.3) is 0 Å². The van der Waals surface area contributed by atoms with Gasteiger partial charge in [-0.05, 0) is 46.5 Å². The zero-order valence-electron chi connectivity index (χ0n) is 26.6. The number of phosphoric ester groups is 1. The van der Waals surface area contributed by atoms with E-state index in [-0.39, 0.29) is 37.9 Å². The lowest BCUT2D eigenvalue weighted by molar-refractivity contribution is -0.148. The molecule has 0 saturated carbocycles. The number of hydrogen-bond acceptors (Lipinski definition) is 11. The zero-order chi connectivity index (χ0) is 33.8. The number of benzene rings is 4. The summed E-state index contributed by atoms with van der Waals surface area (Å²) < 4.78 is 59.7. The number of carbonyl (C=O) groups excluding carboxylic acids is 1. The second-order valence-corrected chi connectivity index (χ2v) is 12.2. The first-order valence-electron chi connectivity index (χ1n) is 15.1. The van der Waals surface area contributed by atoms with Gasteiger partial charge in [0.2, 0.25) is 5.76 Å². The highest BCUT2D eigenvalue weighted by Crippen LogP contribution is 2.53. The minimum Gasteiger partial charge on any atom is -0.497 e. The number of methoxy groups -OCH3 is 2. The maximum Gasteiger partial charge on any atom is 0.475 e. The Morgan fingerprint density at radius 3 is 1.58 bits per heavy atom. The number of esters is 1. The summed E-state index contributed by atoms with van der Waals surface area (Å²) in [5.41, 5.74) is 2.93. The predicted molar refractivity (Wildman–Crippen MR) is 174 cm³/mol. The van der Waals surface area contributed by atoms with Crippen LogP contribution in [0.3, 0.4) is 0 Å². The van der Waals surface area contributed by atoms with Crippen molar-refractivity contribution in [3.05, 3.63) is 143 Å². The molecule has 2 unspecified atom stereocenters. The maximum absolute atomic E-state index is 14.1. The highest BCUT2D eigenvalue weighted by Gasteiger charge is 2.46. The van der Waals surface area contributed by atoms with Crippen LogP contribution in [-0.4, -0.2) is 44.1 Å². The van der Waals surface area contributed by atoms with Gasteiger partial charge < -0.3 is 28.8 Å². The van der Waals surface area contributed by atoms with Crippen molar-refractivity contribution in [1.29, 1.82) is 0 Å². The second-order valence-electron chi connectivity index (χ2n) is 10.6. The average molecular weight is 677 g/mol. The summed E-state index contributed by atoms with van der Waals surface area (Å²) in [5, 5.41) is 10.5. The number of hydrogen-bond donors (Lipinski definition) is 1. The molecule has 4 aromatic carbocycles. The Morgan fingerprint density at radius 1 is 0.667 bits per heavy atom. The summed E-state index contributed by atoms with van der Waals surface area (Å²) in [7, 11) is -1.26. The molecule has 1 aliphatic rings. The molecular weight excluding hydrogens is 639 g/mol. The van der Waals surface area contributed by atoms with Gasteiger partial charge in [-0.15, -0.1) is 0 Å². The van der Waals surface area contributed by atoms with Crippen LogP contribution in [0.2, 0.25) is 0 Å². The van der Waals surface area contributed by atoms with E-state index in [1.54, 1.807) is 87.0 Å². The first-order valence-corrected chi connectivity index (χ1v) is 16.6. The number of phosphoric acid groups is 1. The molecule has 1 heterocycles. The second kappa shape index (κ2) is 17.0. The third-order valence-electron chi connectivity index (χ3n) is 7.24. The van der Waals surface area contributed by atoms with E-state index >= 15 is 0 Å². The van der Waals surface area contributed by atoms with Gasteiger partial charge in [0.15, 0.2) is 11.9 Å². The van der Waals surface area contributed by atoms with Gasteiger partial charge in [0.1, 0.15) is 30.8 Å². The van der Waals surface area contributed by atoms with Gasteiger partial charge in [-0.3, -0.25) is 13.6 Å². The molecule has 252 valence electrons. The normalized spacial score (nSPS) is 15.1. The molecule has 48 heavy (non-hydrogen) atoms. The van der Waals surface area contributed by atoms with E-state index < -0.39 is 32.6 Å². The van der Waals surface area contributed by atoms with E-state index in [4.69, 9.17) is 37.3 Å². The molecule has 4 aromatic rings. The molecule has 0 spiro atoms. The number of carbonyl (C=O) groups is 1. The topological polar surface area (TPSA) is 128 Å². The lowest BCUT2D eigenvalue weighted by Crippen LogP contribution is -2.35. The van der Waals surface area contributed by atoms with Gasteiger partial charge in [-0.1, -0.05) is 84.9 Å². The molecule has 0 fully saturated rings. The van der Waals surface area contributed by atoms with Crippen molar-refractivity contribution in [3.63, 3.8) is 0 Å². The fraction of sp³-hybridized carbons (Fsp3) is 0.250. The van der Waals surface area contributed by atoms with E-state index in [0.717, 1.165) is 22.3 Å². The molecule has 1 N–H and O–H groups in total. The van der Waals surface area contributed by atoms with Crippen molar-refractivity contribution in [3.8, 4) is 11.5 Å². The van der Waals surface area contributed by atoms with E-state index in [2.05, 4.69) is 0 Å². The number of ether oxygens (including phenoxy) is 5. The highest BCUT2D eigenvalue weighted by atomic mass is 31.2. The molecule has 0 bridgehead atoms. The molecular formula is C36H37O11P. The largest absolute Gasteiger partial charge is 0.497 e. The zero-order valence-corrected chi connectivity index (χ0v) is 27.5. The maximum atomic E-state index is 14.1. The van der Waals surface area contributed by atoms with E-state index in [0.29, 0.717) is 11.5 Å². The van der Waals surface area contributed by atoms with Crippen LogP contribution in [0.4, 0.5) is 0 Å². The predicted octanol–water partition coefficient (Wildman–Crippen LogP) is 6.49. The number of aliphatic hydroxyl groups is 1. The summed E-state index contributed by atoms with van der Waals surface area (Å²) in [4.78, 5) is 13.2. The minimum atomic E-state index is -4.39. The van der Waals surface area contributed by atoms with Gasteiger partial charge in [-0.2, -0.15) is 0 Å². The quantitative estimate of drug-likeness (QED) is 0.0917. The number of cyclic esters (lactones) is 1. The average Bonchev–Trinajstić information content (AvgIpc) is 3.45. The molecule has 12 heteroatoms. The third kappa shape index (κ3) is 9.47. The summed E-state index contributed by atoms with van der Waals surface area (Å²) in [6, 6.07) is 32.4. The van der Waals surface area contributed by atoms with Crippen LogP contribution in [0.5, 0.6) is 11.5 Å². The lowest BCUT2D eigenvalue weighted by Gasteiger charge is -2.27. The van der Waals surface area contributed by atoms with Gasteiger partial charge in [0.05, 0.1) is 34.0 Å². The van der Waals surface area contributed by atoms with Crippen molar-refractivity contribution < 1.29 is 51.7 Å². The van der Waals surface area contributed by atoms with Crippen LogP contribution in [0, 0.1) is 0 Å². The van der Waals surface area contributed by atoms with Crippen LogP contribution < -0.4 is 9.47 Å². The summed E-state index contributed by atoms with van der Waals surface area (Å²) >= 11 is 0. The van der Waals surface area contributed by atoms with Gasteiger partial charge >= 0.3 is 13.8 Å². The van der Waals surface area contributed by atoms with Crippen molar-refractivity contribution in [1.82, 2.24) is 0 Å². The van der Waals surface area contributed by atoms with E-state index in [9.17, 15) is 14.5 Å². The van der Waals surface area contributed by atoms with Gasteiger partial charge in [0, 0.05) is 0 Å². The SMILES string of the molecule is COc1ccc(COC2=C(OCc3ccc(OC)cc3)C(C(CO)OP(=O)(OCc3ccccc3)OCc3ccccc3)OC2=O)cc1. The van der Waals surface area contributed by atoms with E-state index in [1.165, 1.54) is 0 Å². The van der Waals surface area contributed by atoms with Crippen LogP contribution in [0.15, 0.2) is 121 Å². The lowest BCUT2D eigenvalue weighted by atomic mass is 10.1. The third-order valence-corrected chi connectivity index (χ3v) is 8.66. The molecule has 0 saturated heterocycles. The standard InChI is InChI=1S/C36H37O11P/c1-40-30-17-13-28(14-18-30)22-42-34-33(46-36(38)35(34)43-23-29-15-19-31(41-2)20-16-29)32(21-37)47-48(39,44-24-26-9-5-3-6-10-26)45-25-27-11-7-4-8-12-27/h3-20,32-33,37H,21-25H2,1-2H3. The van der Waals surface area contributed by atoms with E-state index in [1.807, 2.05) is 36.4 Å². The smallest absolute Gasteiger partial charge is 0.475 e. The molecule has 0 radical (unpaired) electrons. The Bertz CT molecular complexity index is 1630. The van der Waals surface area contributed by atoms with Gasteiger partial charge in [-0.25, -0.2) is 9.36 Å². The fourth-order valence-corrected chi connectivity index (χ4v) is 5.96. The number of rotatable bonds is 18. The summed E-state index contributed by atoms with van der Waals surface area (Å²) in [6.07, 6.45) is -2.76. The van der Waals surface area contributed by atoms with Gasteiger partial charge in [0.25, 0.3) is 0 Å². The van der Waals surface area contributed by atoms with Crippen LogP contribution >= 0.6 is 7.82 Å². The Labute approximate surface area is 279 Å². The Morgan fingerprint density at radius 2 is 1.12 bits per heavy atom. The van der Waals surface area contributed by atoms with Crippen LogP contribution in [0.1, 0.15) is 22.3 Å². The first kappa shape index (κ1) is 34.7. The Balaban J connectivity index is 1.40. The molecule has 1 aliphatic heterocycles. The Hall–Kier alpha value is -4.64. The minimum absolute atomic E-state index is 0.0000584. The fourth-order valence-electron chi connectivity index (χ4n) is 4.64. The molecule has 5 rings (SSSR count). The highest BCUT2D eigenvalue weighted by molar-refractivity contribution is 7.48. The number of aliphatic hydroxyl groups excluding tert-OH is 1. The molecule has 0 amide bonds. The molecule has 0 aromatic heterocycles. The van der Waals surface area contributed by atoms with Crippen molar-refractivity contribution >= 4 is 13.8 Å². The molecule has 11 nitrogen and oxygen atoms in total. The first-order chi connectivity index (χ1) is 23.4. The summed E-state index contributed by atoms with van der Waals surface area (Å²) in [6.45, 7) is -0.940. The monoisotopic (exact) mass is 676 g/mol.